The van der Waals surface area contributed by atoms with Crippen molar-refractivity contribution in [2.24, 2.45) is 0 Å². The van der Waals surface area contributed by atoms with Crippen molar-refractivity contribution in [1.82, 2.24) is 15.5 Å². The Kier molecular flexibility index (Phi) is 7.66. The van der Waals surface area contributed by atoms with E-state index in [0.29, 0.717) is 12.6 Å². The molecule has 1 unspecified atom stereocenters. The standard InChI is InChI=1S/C15H22BrN3O.ClH/c1-11-9-17-7-8-19(11)10-15(20)18-12(2)13-3-5-14(16)6-4-13;/h3-6,11-12,17H,7-10H2,1-2H3,(H,18,20);1H/t11-,12?;/m0./s1. The largest absolute Gasteiger partial charge is 0.348 e. The molecule has 118 valence electrons. The fraction of sp³-hybridized carbons (Fsp3) is 0.533. The van der Waals surface area contributed by atoms with E-state index in [4.69, 9.17) is 0 Å². The highest BCUT2D eigenvalue weighted by Crippen LogP contribution is 2.16. The van der Waals surface area contributed by atoms with E-state index in [0.717, 1.165) is 29.7 Å². The lowest BCUT2D eigenvalue weighted by atomic mass is 10.1. The molecule has 1 saturated heterocycles. The van der Waals surface area contributed by atoms with Gasteiger partial charge in [-0.2, -0.15) is 0 Å². The Morgan fingerprint density at radius 3 is 2.76 bits per heavy atom. The molecule has 0 aliphatic carbocycles. The molecule has 0 bridgehead atoms. The number of nitrogens with zero attached hydrogens (tertiary/aromatic N) is 1. The molecule has 1 aromatic rings. The first-order chi connectivity index (χ1) is 9.56. The number of hydrogen-bond acceptors (Lipinski definition) is 3. The fourth-order valence-electron chi connectivity index (χ4n) is 2.42. The lowest BCUT2D eigenvalue weighted by Gasteiger charge is -2.33. The summed E-state index contributed by atoms with van der Waals surface area (Å²) in [5.74, 6) is 0.0918. The molecule has 1 aliphatic heterocycles. The van der Waals surface area contributed by atoms with Gasteiger partial charge in [0.15, 0.2) is 0 Å². The predicted molar refractivity (Wildman–Crippen MR) is 91.9 cm³/mol. The number of halogens is 2. The second-order valence-corrected chi connectivity index (χ2v) is 6.28. The number of carbonyl (C=O) groups excluding carboxylic acids is 1. The molecule has 21 heavy (non-hydrogen) atoms. The number of carbonyl (C=O) groups is 1. The highest BCUT2D eigenvalue weighted by Gasteiger charge is 2.20. The van der Waals surface area contributed by atoms with Crippen molar-refractivity contribution in [2.75, 3.05) is 26.2 Å². The lowest BCUT2D eigenvalue weighted by molar-refractivity contribution is -0.123. The summed E-state index contributed by atoms with van der Waals surface area (Å²) in [6.45, 7) is 7.49. The Labute approximate surface area is 141 Å². The molecule has 1 aromatic carbocycles. The molecule has 0 spiro atoms. The molecular weight excluding hydrogens is 354 g/mol. The second-order valence-electron chi connectivity index (χ2n) is 5.36. The number of hydrogen-bond donors (Lipinski definition) is 2. The van der Waals surface area contributed by atoms with Crippen LogP contribution >= 0.6 is 28.3 Å². The minimum absolute atomic E-state index is 0. The Balaban J connectivity index is 0.00000220. The molecule has 0 saturated carbocycles. The summed E-state index contributed by atoms with van der Waals surface area (Å²) in [6, 6.07) is 8.50. The van der Waals surface area contributed by atoms with Crippen LogP contribution in [0.3, 0.4) is 0 Å². The van der Waals surface area contributed by atoms with E-state index in [1.807, 2.05) is 31.2 Å². The van der Waals surface area contributed by atoms with Crippen LogP contribution < -0.4 is 10.6 Å². The Bertz CT molecular complexity index is 455. The highest BCUT2D eigenvalue weighted by molar-refractivity contribution is 9.10. The zero-order valence-corrected chi connectivity index (χ0v) is 14.8. The molecule has 1 aliphatic rings. The molecule has 1 amide bonds. The van der Waals surface area contributed by atoms with Gasteiger partial charge in [-0.25, -0.2) is 0 Å². The third kappa shape index (κ3) is 5.58. The van der Waals surface area contributed by atoms with Crippen molar-refractivity contribution < 1.29 is 4.79 Å². The fourth-order valence-corrected chi connectivity index (χ4v) is 2.69. The molecule has 1 heterocycles. The zero-order chi connectivity index (χ0) is 14.5. The van der Waals surface area contributed by atoms with E-state index in [-0.39, 0.29) is 24.4 Å². The van der Waals surface area contributed by atoms with Gasteiger partial charge in [0.1, 0.15) is 0 Å². The third-order valence-corrected chi connectivity index (χ3v) is 4.26. The monoisotopic (exact) mass is 375 g/mol. The van der Waals surface area contributed by atoms with Crippen molar-refractivity contribution in [2.45, 2.75) is 25.9 Å². The first-order valence-electron chi connectivity index (χ1n) is 7.06. The molecule has 0 aromatic heterocycles. The highest BCUT2D eigenvalue weighted by atomic mass is 79.9. The smallest absolute Gasteiger partial charge is 0.234 e. The van der Waals surface area contributed by atoms with E-state index in [2.05, 4.69) is 38.4 Å². The summed E-state index contributed by atoms with van der Waals surface area (Å²) in [7, 11) is 0. The molecule has 2 N–H and O–H groups in total. The van der Waals surface area contributed by atoms with Crippen molar-refractivity contribution in [3.05, 3.63) is 34.3 Å². The predicted octanol–water partition coefficient (Wildman–Crippen LogP) is 2.34. The van der Waals surface area contributed by atoms with Crippen LogP contribution in [0.5, 0.6) is 0 Å². The molecule has 2 atom stereocenters. The minimum atomic E-state index is 0. The summed E-state index contributed by atoms with van der Waals surface area (Å²) >= 11 is 3.42. The Hall–Kier alpha value is -0.620. The van der Waals surface area contributed by atoms with Crippen LogP contribution in [0.4, 0.5) is 0 Å². The van der Waals surface area contributed by atoms with Crippen LogP contribution in [0, 0.1) is 0 Å². The summed E-state index contributed by atoms with van der Waals surface area (Å²) in [5.41, 5.74) is 1.12. The molecule has 4 nitrogen and oxygen atoms in total. The first kappa shape index (κ1) is 18.4. The van der Waals surface area contributed by atoms with Gasteiger partial charge in [0.05, 0.1) is 12.6 Å². The first-order valence-corrected chi connectivity index (χ1v) is 7.85. The van der Waals surface area contributed by atoms with Crippen LogP contribution in [-0.4, -0.2) is 43.0 Å². The number of rotatable bonds is 4. The van der Waals surface area contributed by atoms with E-state index in [1.54, 1.807) is 0 Å². The maximum absolute atomic E-state index is 12.1. The van der Waals surface area contributed by atoms with Gasteiger partial charge in [-0.05, 0) is 31.5 Å². The van der Waals surface area contributed by atoms with E-state index < -0.39 is 0 Å². The molecule has 0 radical (unpaired) electrons. The molecule has 1 fully saturated rings. The van der Waals surface area contributed by atoms with Crippen LogP contribution in [0.15, 0.2) is 28.7 Å². The van der Waals surface area contributed by atoms with Crippen LogP contribution in [-0.2, 0) is 4.79 Å². The van der Waals surface area contributed by atoms with Gasteiger partial charge in [0, 0.05) is 30.1 Å². The topological polar surface area (TPSA) is 44.4 Å². The van der Waals surface area contributed by atoms with Gasteiger partial charge < -0.3 is 10.6 Å². The second kappa shape index (κ2) is 8.73. The molecule has 6 heteroatoms. The maximum Gasteiger partial charge on any atom is 0.234 e. The Morgan fingerprint density at radius 2 is 2.14 bits per heavy atom. The van der Waals surface area contributed by atoms with Gasteiger partial charge in [-0.1, -0.05) is 28.1 Å². The number of nitrogens with one attached hydrogen (secondary N) is 2. The summed E-state index contributed by atoms with van der Waals surface area (Å²) in [5, 5.41) is 6.40. The minimum Gasteiger partial charge on any atom is -0.348 e. The number of amides is 1. The SMILES string of the molecule is CC(NC(=O)CN1CCNC[C@@H]1C)c1ccc(Br)cc1.Cl. The van der Waals surface area contributed by atoms with Crippen LogP contribution in [0.25, 0.3) is 0 Å². The quantitative estimate of drug-likeness (QED) is 0.848. The average molecular weight is 377 g/mol. The van der Waals surface area contributed by atoms with Crippen LogP contribution in [0.1, 0.15) is 25.5 Å². The average Bonchev–Trinajstić information content (AvgIpc) is 2.42. The summed E-state index contributed by atoms with van der Waals surface area (Å²) in [4.78, 5) is 14.3. The third-order valence-electron chi connectivity index (χ3n) is 3.73. The van der Waals surface area contributed by atoms with Crippen molar-refractivity contribution in [1.29, 1.82) is 0 Å². The number of piperazine rings is 1. The van der Waals surface area contributed by atoms with Gasteiger partial charge >= 0.3 is 0 Å². The normalized spacial score (nSPS) is 20.4. The van der Waals surface area contributed by atoms with Gasteiger partial charge in [0.2, 0.25) is 5.91 Å². The molecular formula is C15H23BrClN3O. The van der Waals surface area contributed by atoms with E-state index >= 15 is 0 Å². The van der Waals surface area contributed by atoms with Crippen LogP contribution in [0.2, 0.25) is 0 Å². The van der Waals surface area contributed by atoms with Gasteiger partial charge in [-0.3, -0.25) is 9.69 Å². The summed E-state index contributed by atoms with van der Waals surface area (Å²) < 4.78 is 1.05. The van der Waals surface area contributed by atoms with Gasteiger partial charge in [-0.15, -0.1) is 12.4 Å². The van der Waals surface area contributed by atoms with E-state index in [9.17, 15) is 4.79 Å². The van der Waals surface area contributed by atoms with E-state index in [1.165, 1.54) is 0 Å². The Morgan fingerprint density at radius 1 is 1.48 bits per heavy atom. The van der Waals surface area contributed by atoms with Crippen molar-refractivity contribution in [3.63, 3.8) is 0 Å². The maximum atomic E-state index is 12.1. The van der Waals surface area contributed by atoms with Crippen molar-refractivity contribution >= 4 is 34.2 Å². The number of benzene rings is 1. The van der Waals surface area contributed by atoms with Gasteiger partial charge in [0.25, 0.3) is 0 Å². The van der Waals surface area contributed by atoms with Crippen molar-refractivity contribution in [3.8, 4) is 0 Å². The zero-order valence-electron chi connectivity index (χ0n) is 12.4. The molecule has 2 rings (SSSR count). The lowest BCUT2D eigenvalue weighted by Crippen LogP contribution is -2.52. The summed E-state index contributed by atoms with van der Waals surface area (Å²) in [6.07, 6.45) is 0.